The van der Waals surface area contributed by atoms with Gasteiger partial charge in [0.1, 0.15) is 5.37 Å². The average molecular weight is 366 g/mol. The number of aromatic nitrogens is 2. The zero-order chi connectivity index (χ0) is 17.2. The van der Waals surface area contributed by atoms with E-state index in [1.54, 1.807) is 11.8 Å². The third-order valence-electron chi connectivity index (χ3n) is 4.39. The Labute approximate surface area is 156 Å². The van der Waals surface area contributed by atoms with E-state index in [4.69, 9.17) is 4.99 Å². The van der Waals surface area contributed by atoms with Gasteiger partial charge in [-0.25, -0.2) is 0 Å². The molecule has 0 amide bonds. The third kappa shape index (κ3) is 3.14. The molecule has 0 aliphatic carbocycles. The van der Waals surface area contributed by atoms with Crippen LogP contribution in [-0.4, -0.2) is 22.0 Å². The summed E-state index contributed by atoms with van der Waals surface area (Å²) < 4.78 is 2.32. The standard InChI is InChI=1S/C20H19N3S2/c1-14-5-3-6-15(19(14)24-2)12-22-17-8-10-23-18(17)13-25-20(23)16-7-4-9-21-11-16/h3-12,20H,13H2,1-2H3. The minimum Gasteiger partial charge on any atom is -0.332 e. The van der Waals surface area contributed by atoms with E-state index >= 15 is 0 Å². The van der Waals surface area contributed by atoms with E-state index in [2.05, 4.69) is 59.3 Å². The summed E-state index contributed by atoms with van der Waals surface area (Å²) in [6.07, 6.45) is 10.0. The molecule has 0 fully saturated rings. The zero-order valence-electron chi connectivity index (χ0n) is 14.2. The molecule has 1 aromatic carbocycles. The lowest BCUT2D eigenvalue weighted by Gasteiger charge is -2.11. The zero-order valence-corrected chi connectivity index (χ0v) is 15.8. The first kappa shape index (κ1) is 16.5. The largest absolute Gasteiger partial charge is 0.332 e. The number of aryl methyl sites for hydroxylation is 1. The molecule has 25 heavy (non-hydrogen) atoms. The van der Waals surface area contributed by atoms with E-state index in [-0.39, 0.29) is 0 Å². The highest BCUT2D eigenvalue weighted by Gasteiger charge is 2.26. The molecule has 0 saturated heterocycles. The summed E-state index contributed by atoms with van der Waals surface area (Å²) in [6.45, 7) is 2.15. The highest BCUT2D eigenvalue weighted by molar-refractivity contribution is 7.99. The van der Waals surface area contributed by atoms with Gasteiger partial charge in [0.2, 0.25) is 0 Å². The molecular formula is C20H19N3S2. The molecule has 1 aliphatic heterocycles. The lowest BCUT2D eigenvalue weighted by molar-refractivity contribution is 0.778. The Kier molecular flexibility index (Phi) is 4.68. The fraction of sp³-hybridized carbons (Fsp3) is 0.200. The molecule has 1 atom stereocenters. The second-order valence-electron chi connectivity index (χ2n) is 5.96. The highest BCUT2D eigenvalue weighted by atomic mass is 32.2. The molecule has 3 nitrogen and oxygen atoms in total. The van der Waals surface area contributed by atoms with Gasteiger partial charge in [0, 0.05) is 46.6 Å². The molecule has 0 saturated carbocycles. The highest BCUT2D eigenvalue weighted by Crippen LogP contribution is 2.44. The van der Waals surface area contributed by atoms with Crippen molar-refractivity contribution in [3.8, 4) is 0 Å². The van der Waals surface area contributed by atoms with Crippen molar-refractivity contribution < 1.29 is 0 Å². The van der Waals surface area contributed by atoms with Crippen LogP contribution >= 0.6 is 23.5 Å². The van der Waals surface area contributed by atoms with Crippen molar-refractivity contribution in [2.75, 3.05) is 6.26 Å². The summed E-state index contributed by atoms with van der Waals surface area (Å²) in [5, 5.41) is 0.299. The second kappa shape index (κ2) is 7.10. The van der Waals surface area contributed by atoms with Crippen molar-refractivity contribution in [2.45, 2.75) is 22.9 Å². The fourth-order valence-electron chi connectivity index (χ4n) is 3.17. The smallest absolute Gasteiger partial charge is 0.106 e. The number of aliphatic imine (C=N–C) groups is 1. The molecule has 0 radical (unpaired) electrons. The van der Waals surface area contributed by atoms with Crippen LogP contribution in [0.2, 0.25) is 0 Å². The van der Waals surface area contributed by atoms with Crippen LogP contribution in [0.15, 0.2) is 64.9 Å². The van der Waals surface area contributed by atoms with Gasteiger partial charge in [-0.05, 0) is 30.9 Å². The molecule has 0 bridgehead atoms. The minimum absolute atomic E-state index is 0.299. The molecule has 0 spiro atoms. The van der Waals surface area contributed by atoms with Crippen molar-refractivity contribution in [1.82, 2.24) is 9.55 Å². The number of benzene rings is 1. The molecule has 3 heterocycles. The Morgan fingerprint density at radius 3 is 3.00 bits per heavy atom. The van der Waals surface area contributed by atoms with Crippen LogP contribution in [0.4, 0.5) is 5.69 Å². The van der Waals surface area contributed by atoms with Crippen molar-refractivity contribution in [2.24, 2.45) is 4.99 Å². The van der Waals surface area contributed by atoms with E-state index in [9.17, 15) is 0 Å². The number of pyridine rings is 1. The summed E-state index contributed by atoms with van der Waals surface area (Å²) in [7, 11) is 0. The number of nitrogens with zero attached hydrogens (tertiary/aromatic N) is 3. The van der Waals surface area contributed by atoms with Crippen LogP contribution in [-0.2, 0) is 5.75 Å². The van der Waals surface area contributed by atoms with E-state index in [1.807, 2.05) is 36.4 Å². The number of hydrogen-bond donors (Lipinski definition) is 0. The van der Waals surface area contributed by atoms with Crippen LogP contribution in [0, 0.1) is 6.92 Å². The number of thioether (sulfide) groups is 2. The molecule has 5 heteroatoms. The predicted molar refractivity (Wildman–Crippen MR) is 108 cm³/mol. The SMILES string of the molecule is CSc1c(C)cccc1C=Nc1ccn2c1CSC2c1cccnc1. The Balaban J connectivity index is 1.64. The van der Waals surface area contributed by atoms with Gasteiger partial charge < -0.3 is 4.57 Å². The van der Waals surface area contributed by atoms with E-state index in [1.165, 1.54) is 27.3 Å². The first-order chi connectivity index (χ1) is 12.3. The van der Waals surface area contributed by atoms with Gasteiger partial charge in [-0.15, -0.1) is 23.5 Å². The molecule has 0 N–H and O–H groups in total. The molecular weight excluding hydrogens is 346 g/mol. The first-order valence-electron chi connectivity index (χ1n) is 8.17. The van der Waals surface area contributed by atoms with Gasteiger partial charge >= 0.3 is 0 Å². The molecule has 126 valence electrons. The van der Waals surface area contributed by atoms with Crippen LogP contribution in [0.3, 0.4) is 0 Å². The molecule has 4 rings (SSSR count). The fourth-order valence-corrected chi connectivity index (χ4v) is 5.22. The average Bonchev–Trinajstić information content (AvgIpc) is 3.23. The Morgan fingerprint density at radius 2 is 2.20 bits per heavy atom. The topological polar surface area (TPSA) is 30.2 Å². The lowest BCUT2D eigenvalue weighted by Crippen LogP contribution is -2.01. The lowest BCUT2D eigenvalue weighted by atomic mass is 10.1. The van der Waals surface area contributed by atoms with Crippen molar-refractivity contribution in [3.05, 3.63) is 77.4 Å². The van der Waals surface area contributed by atoms with E-state index < -0.39 is 0 Å². The molecule has 3 aromatic rings. The van der Waals surface area contributed by atoms with Gasteiger partial charge in [-0.1, -0.05) is 24.3 Å². The van der Waals surface area contributed by atoms with Crippen molar-refractivity contribution >= 4 is 35.4 Å². The number of rotatable bonds is 4. The van der Waals surface area contributed by atoms with Crippen LogP contribution in [0.1, 0.15) is 27.8 Å². The van der Waals surface area contributed by atoms with Gasteiger partial charge in [0.25, 0.3) is 0 Å². The maximum atomic E-state index is 4.80. The maximum Gasteiger partial charge on any atom is 0.106 e. The molecule has 2 aromatic heterocycles. The maximum absolute atomic E-state index is 4.80. The van der Waals surface area contributed by atoms with Crippen LogP contribution in [0.25, 0.3) is 0 Å². The Morgan fingerprint density at radius 1 is 1.28 bits per heavy atom. The summed E-state index contributed by atoms with van der Waals surface area (Å²) in [5.74, 6) is 0.975. The van der Waals surface area contributed by atoms with Crippen molar-refractivity contribution in [1.29, 1.82) is 0 Å². The van der Waals surface area contributed by atoms with Crippen molar-refractivity contribution in [3.63, 3.8) is 0 Å². The minimum atomic E-state index is 0.299. The summed E-state index contributed by atoms with van der Waals surface area (Å²) in [6, 6.07) is 12.6. The third-order valence-corrected chi connectivity index (χ3v) is 6.61. The monoisotopic (exact) mass is 365 g/mol. The number of hydrogen-bond acceptors (Lipinski definition) is 4. The molecule has 1 unspecified atom stereocenters. The number of fused-ring (bicyclic) bond motifs is 1. The molecule has 1 aliphatic rings. The van der Waals surface area contributed by atoms with Gasteiger partial charge in [0.15, 0.2) is 0 Å². The summed E-state index contributed by atoms with van der Waals surface area (Å²) >= 11 is 3.70. The van der Waals surface area contributed by atoms with Gasteiger partial charge in [-0.2, -0.15) is 0 Å². The van der Waals surface area contributed by atoms with Gasteiger partial charge in [0.05, 0.1) is 11.4 Å². The predicted octanol–water partition coefficient (Wildman–Crippen LogP) is 5.46. The van der Waals surface area contributed by atoms with E-state index in [0.29, 0.717) is 5.37 Å². The van der Waals surface area contributed by atoms with Crippen LogP contribution in [0.5, 0.6) is 0 Å². The van der Waals surface area contributed by atoms with Gasteiger partial charge in [-0.3, -0.25) is 9.98 Å². The summed E-state index contributed by atoms with van der Waals surface area (Å²) in [4.78, 5) is 10.3. The second-order valence-corrected chi connectivity index (χ2v) is 7.85. The quantitative estimate of drug-likeness (QED) is 0.454. The Bertz CT molecular complexity index is 916. The normalized spacial score (nSPS) is 16.5. The van der Waals surface area contributed by atoms with Crippen LogP contribution < -0.4 is 0 Å². The Hall–Kier alpha value is -1.98. The van der Waals surface area contributed by atoms with E-state index in [0.717, 1.165) is 11.4 Å². The first-order valence-corrected chi connectivity index (χ1v) is 10.4. The summed E-state index contributed by atoms with van der Waals surface area (Å²) in [5.41, 5.74) is 6.06.